The van der Waals surface area contributed by atoms with Crippen molar-refractivity contribution in [3.05, 3.63) is 11.1 Å². The maximum atomic E-state index is 8.75. The molecular formula is C27H52O. The van der Waals surface area contributed by atoms with Gasteiger partial charge in [0.15, 0.2) is 0 Å². The highest BCUT2D eigenvalue weighted by Crippen LogP contribution is 2.42. The van der Waals surface area contributed by atoms with Crippen LogP contribution in [0.1, 0.15) is 149 Å². The van der Waals surface area contributed by atoms with Gasteiger partial charge in [0.05, 0.1) is 0 Å². The zero-order chi connectivity index (χ0) is 20.5. The first-order chi connectivity index (χ1) is 13.6. The average Bonchev–Trinajstić information content (AvgIpc) is 2.66. The number of hydrogen-bond donors (Lipinski definition) is 1. The van der Waals surface area contributed by atoms with Crippen molar-refractivity contribution in [2.45, 2.75) is 149 Å². The van der Waals surface area contributed by atoms with Gasteiger partial charge in [-0.3, -0.25) is 0 Å². The Morgan fingerprint density at radius 1 is 0.643 bits per heavy atom. The fourth-order valence-electron chi connectivity index (χ4n) is 5.12. The molecule has 0 aliphatic heterocycles. The Labute approximate surface area is 177 Å². The van der Waals surface area contributed by atoms with Gasteiger partial charge in [0.2, 0.25) is 0 Å². The van der Waals surface area contributed by atoms with Crippen LogP contribution < -0.4 is 0 Å². The SMILES string of the molecule is CC1=C(CCCCCCCCCCCCCCCCCCO)C(C)(C)CCC1. The second kappa shape index (κ2) is 16.5. The lowest BCUT2D eigenvalue weighted by Crippen LogP contribution is -2.20. The van der Waals surface area contributed by atoms with Crippen molar-refractivity contribution in [1.29, 1.82) is 0 Å². The van der Waals surface area contributed by atoms with E-state index in [1.807, 2.05) is 0 Å². The van der Waals surface area contributed by atoms with Crippen LogP contribution in [0.15, 0.2) is 11.1 Å². The summed E-state index contributed by atoms with van der Waals surface area (Å²) in [5.74, 6) is 0. The molecule has 0 spiro atoms. The molecule has 0 aromatic carbocycles. The van der Waals surface area contributed by atoms with Gasteiger partial charge in [0.1, 0.15) is 0 Å². The first-order valence-corrected chi connectivity index (χ1v) is 12.9. The summed E-state index contributed by atoms with van der Waals surface area (Å²) in [6.45, 7) is 7.68. The van der Waals surface area contributed by atoms with E-state index in [9.17, 15) is 0 Å². The Kier molecular flexibility index (Phi) is 15.2. The number of aliphatic hydroxyl groups excluding tert-OH is 1. The third kappa shape index (κ3) is 12.3. The van der Waals surface area contributed by atoms with Crippen molar-refractivity contribution in [3.8, 4) is 0 Å². The van der Waals surface area contributed by atoms with E-state index in [4.69, 9.17) is 5.11 Å². The summed E-state index contributed by atoms with van der Waals surface area (Å²) in [4.78, 5) is 0. The van der Waals surface area contributed by atoms with Crippen molar-refractivity contribution in [2.75, 3.05) is 6.61 Å². The number of rotatable bonds is 18. The maximum absolute atomic E-state index is 8.75. The molecule has 0 heterocycles. The Balaban J connectivity index is 1.82. The van der Waals surface area contributed by atoms with Crippen LogP contribution in [0.25, 0.3) is 0 Å². The monoisotopic (exact) mass is 392 g/mol. The molecule has 0 saturated carbocycles. The molecule has 0 saturated heterocycles. The molecule has 166 valence electrons. The van der Waals surface area contributed by atoms with Crippen LogP contribution in [0.2, 0.25) is 0 Å². The number of hydrogen-bond acceptors (Lipinski definition) is 1. The zero-order valence-corrected chi connectivity index (χ0v) is 19.8. The van der Waals surface area contributed by atoms with Crippen LogP contribution in [0, 0.1) is 5.41 Å². The van der Waals surface area contributed by atoms with E-state index in [2.05, 4.69) is 20.8 Å². The van der Waals surface area contributed by atoms with Gasteiger partial charge in [-0.2, -0.15) is 0 Å². The minimum atomic E-state index is 0.371. The lowest BCUT2D eigenvalue weighted by Gasteiger charge is -2.34. The molecule has 0 aromatic heterocycles. The van der Waals surface area contributed by atoms with Crippen molar-refractivity contribution in [2.24, 2.45) is 5.41 Å². The minimum absolute atomic E-state index is 0.371. The largest absolute Gasteiger partial charge is 0.396 e. The van der Waals surface area contributed by atoms with E-state index >= 15 is 0 Å². The molecule has 1 rings (SSSR count). The third-order valence-electron chi connectivity index (χ3n) is 7.02. The Morgan fingerprint density at radius 3 is 1.43 bits per heavy atom. The second-order valence-electron chi connectivity index (χ2n) is 10.1. The maximum Gasteiger partial charge on any atom is 0.0431 e. The van der Waals surface area contributed by atoms with Gasteiger partial charge in [0.25, 0.3) is 0 Å². The summed E-state index contributed by atoms with van der Waals surface area (Å²) in [6.07, 6.45) is 27.7. The molecule has 0 amide bonds. The topological polar surface area (TPSA) is 20.2 Å². The average molecular weight is 393 g/mol. The highest BCUT2D eigenvalue weighted by molar-refractivity contribution is 5.22. The lowest BCUT2D eigenvalue weighted by atomic mass is 9.71. The van der Waals surface area contributed by atoms with Crippen LogP contribution in [-0.2, 0) is 0 Å². The van der Waals surface area contributed by atoms with Crippen molar-refractivity contribution in [1.82, 2.24) is 0 Å². The van der Waals surface area contributed by atoms with E-state index in [-0.39, 0.29) is 0 Å². The fourth-order valence-corrected chi connectivity index (χ4v) is 5.12. The fraction of sp³-hybridized carbons (Fsp3) is 0.926. The molecule has 1 N–H and O–H groups in total. The molecule has 0 fully saturated rings. The highest BCUT2D eigenvalue weighted by atomic mass is 16.2. The Bertz CT molecular complexity index is 393. The second-order valence-corrected chi connectivity index (χ2v) is 10.1. The van der Waals surface area contributed by atoms with Crippen molar-refractivity contribution in [3.63, 3.8) is 0 Å². The zero-order valence-electron chi connectivity index (χ0n) is 19.8. The van der Waals surface area contributed by atoms with Crippen LogP contribution in [0.4, 0.5) is 0 Å². The first-order valence-electron chi connectivity index (χ1n) is 12.9. The summed E-state index contributed by atoms with van der Waals surface area (Å²) in [7, 11) is 0. The number of unbranched alkanes of at least 4 members (excludes halogenated alkanes) is 15. The Morgan fingerprint density at radius 2 is 1.04 bits per heavy atom. The Hall–Kier alpha value is -0.300. The smallest absolute Gasteiger partial charge is 0.0431 e. The lowest BCUT2D eigenvalue weighted by molar-refractivity contribution is 0.282. The predicted octanol–water partition coefficient (Wildman–Crippen LogP) is 9.14. The normalized spacial score (nSPS) is 16.7. The third-order valence-corrected chi connectivity index (χ3v) is 7.02. The van der Waals surface area contributed by atoms with Gasteiger partial charge in [-0.25, -0.2) is 0 Å². The number of allylic oxidation sites excluding steroid dienone is 2. The molecule has 1 heteroatoms. The van der Waals surface area contributed by atoms with E-state index in [1.165, 1.54) is 122 Å². The molecule has 28 heavy (non-hydrogen) atoms. The van der Waals surface area contributed by atoms with E-state index in [1.54, 1.807) is 11.1 Å². The molecule has 0 aromatic rings. The summed E-state index contributed by atoms with van der Waals surface area (Å²) >= 11 is 0. The molecule has 1 nitrogen and oxygen atoms in total. The standard InChI is InChI=1S/C27H52O/c1-25-21-20-23-27(2,3)26(25)22-18-16-14-12-10-8-6-4-5-7-9-11-13-15-17-19-24-28/h28H,4-24H2,1-3H3. The highest BCUT2D eigenvalue weighted by Gasteiger charge is 2.27. The van der Waals surface area contributed by atoms with Gasteiger partial charge in [-0.15, -0.1) is 0 Å². The van der Waals surface area contributed by atoms with Gasteiger partial charge >= 0.3 is 0 Å². The molecule has 0 unspecified atom stereocenters. The van der Waals surface area contributed by atoms with Gasteiger partial charge in [-0.1, -0.05) is 115 Å². The molecule has 1 aliphatic rings. The quantitative estimate of drug-likeness (QED) is 0.182. The van der Waals surface area contributed by atoms with E-state index < -0.39 is 0 Å². The van der Waals surface area contributed by atoms with Crippen LogP contribution >= 0.6 is 0 Å². The molecule has 0 atom stereocenters. The van der Waals surface area contributed by atoms with Crippen LogP contribution in [-0.4, -0.2) is 11.7 Å². The van der Waals surface area contributed by atoms with E-state index in [0.717, 1.165) is 6.42 Å². The summed E-state index contributed by atoms with van der Waals surface area (Å²) < 4.78 is 0. The molecule has 0 radical (unpaired) electrons. The number of aliphatic hydroxyl groups is 1. The summed E-state index contributed by atoms with van der Waals surface area (Å²) in [5.41, 5.74) is 3.98. The van der Waals surface area contributed by atoms with Crippen molar-refractivity contribution >= 4 is 0 Å². The van der Waals surface area contributed by atoms with Gasteiger partial charge < -0.3 is 5.11 Å². The van der Waals surface area contributed by atoms with Gasteiger partial charge in [-0.05, 0) is 50.9 Å². The summed E-state index contributed by atoms with van der Waals surface area (Å²) in [5, 5.41) is 8.75. The first kappa shape index (κ1) is 25.7. The van der Waals surface area contributed by atoms with Gasteiger partial charge in [0, 0.05) is 6.61 Å². The predicted molar refractivity (Wildman–Crippen MR) is 126 cm³/mol. The van der Waals surface area contributed by atoms with Crippen LogP contribution in [0.3, 0.4) is 0 Å². The minimum Gasteiger partial charge on any atom is -0.396 e. The van der Waals surface area contributed by atoms with E-state index in [0.29, 0.717) is 12.0 Å². The molecule has 0 bridgehead atoms. The molecule has 1 aliphatic carbocycles. The van der Waals surface area contributed by atoms with Crippen molar-refractivity contribution < 1.29 is 5.11 Å². The van der Waals surface area contributed by atoms with Crippen LogP contribution in [0.5, 0.6) is 0 Å². The molecular weight excluding hydrogens is 340 g/mol. The summed E-state index contributed by atoms with van der Waals surface area (Å²) in [6, 6.07) is 0.